The molecule has 0 bridgehead atoms. The molecule has 0 aromatic carbocycles. The zero-order chi connectivity index (χ0) is 13.8. The number of aliphatic carboxylic acids is 1. The first-order chi connectivity index (χ1) is 9.08. The first kappa shape index (κ1) is 14.3. The molecule has 0 aromatic rings. The summed E-state index contributed by atoms with van der Waals surface area (Å²) in [5, 5.41) is 12.1. The van der Waals surface area contributed by atoms with E-state index in [1.165, 1.54) is 19.3 Å². The SMILES string of the molecule is CC1CCN(C2CCCCC2)C(=O)C(CC(=O)O)N1. The summed E-state index contributed by atoms with van der Waals surface area (Å²) in [5.41, 5.74) is 0. The lowest BCUT2D eigenvalue weighted by molar-refractivity contribution is -0.143. The molecule has 1 saturated carbocycles. The van der Waals surface area contributed by atoms with E-state index < -0.39 is 12.0 Å². The van der Waals surface area contributed by atoms with E-state index in [-0.39, 0.29) is 18.4 Å². The molecule has 2 rings (SSSR count). The molecule has 108 valence electrons. The number of amides is 1. The molecule has 1 amide bonds. The van der Waals surface area contributed by atoms with Gasteiger partial charge < -0.3 is 15.3 Å². The third-order valence-corrected chi connectivity index (χ3v) is 4.26. The minimum atomic E-state index is -0.913. The van der Waals surface area contributed by atoms with Crippen LogP contribution in [-0.2, 0) is 9.59 Å². The van der Waals surface area contributed by atoms with E-state index in [0.717, 1.165) is 25.8 Å². The van der Waals surface area contributed by atoms with Crippen molar-refractivity contribution in [1.82, 2.24) is 10.2 Å². The molecule has 2 unspecified atom stereocenters. The van der Waals surface area contributed by atoms with Gasteiger partial charge in [0.25, 0.3) is 0 Å². The van der Waals surface area contributed by atoms with Gasteiger partial charge in [-0.15, -0.1) is 0 Å². The van der Waals surface area contributed by atoms with Crippen LogP contribution in [0.15, 0.2) is 0 Å². The summed E-state index contributed by atoms with van der Waals surface area (Å²) < 4.78 is 0. The first-order valence-electron chi connectivity index (χ1n) is 7.36. The van der Waals surface area contributed by atoms with Crippen molar-refractivity contribution < 1.29 is 14.7 Å². The molecular weight excluding hydrogens is 244 g/mol. The molecular formula is C14H24N2O3. The summed E-state index contributed by atoms with van der Waals surface area (Å²) in [6.07, 6.45) is 6.54. The number of carboxylic acid groups (broad SMARTS) is 1. The molecule has 5 heteroatoms. The number of nitrogens with zero attached hydrogens (tertiary/aromatic N) is 1. The highest BCUT2D eigenvalue weighted by atomic mass is 16.4. The van der Waals surface area contributed by atoms with Crippen LogP contribution < -0.4 is 5.32 Å². The second-order valence-corrected chi connectivity index (χ2v) is 5.83. The summed E-state index contributed by atoms with van der Waals surface area (Å²) >= 11 is 0. The van der Waals surface area contributed by atoms with Crippen molar-refractivity contribution in [3.05, 3.63) is 0 Å². The highest BCUT2D eigenvalue weighted by Crippen LogP contribution is 2.25. The van der Waals surface area contributed by atoms with Crippen LogP contribution in [0.4, 0.5) is 0 Å². The zero-order valence-corrected chi connectivity index (χ0v) is 11.6. The van der Waals surface area contributed by atoms with Crippen molar-refractivity contribution in [2.75, 3.05) is 6.54 Å². The molecule has 1 heterocycles. The summed E-state index contributed by atoms with van der Waals surface area (Å²) in [7, 11) is 0. The number of hydrogen-bond acceptors (Lipinski definition) is 3. The monoisotopic (exact) mass is 268 g/mol. The lowest BCUT2D eigenvalue weighted by atomic mass is 9.93. The van der Waals surface area contributed by atoms with Gasteiger partial charge in [0.1, 0.15) is 0 Å². The Morgan fingerprint density at radius 2 is 2.00 bits per heavy atom. The molecule has 0 aromatic heterocycles. The molecule has 1 aliphatic carbocycles. The molecule has 5 nitrogen and oxygen atoms in total. The summed E-state index contributed by atoms with van der Waals surface area (Å²) in [4.78, 5) is 25.4. The predicted octanol–water partition coefficient (Wildman–Crippen LogP) is 1.37. The number of rotatable bonds is 3. The second-order valence-electron chi connectivity index (χ2n) is 5.83. The fraction of sp³-hybridized carbons (Fsp3) is 0.857. The smallest absolute Gasteiger partial charge is 0.305 e. The van der Waals surface area contributed by atoms with E-state index in [1.54, 1.807) is 0 Å². The van der Waals surface area contributed by atoms with Crippen LogP contribution in [0.3, 0.4) is 0 Å². The fourth-order valence-electron chi connectivity index (χ4n) is 3.22. The molecule has 2 fully saturated rings. The Kier molecular flexibility index (Phi) is 4.80. The van der Waals surface area contributed by atoms with Crippen LogP contribution in [0, 0.1) is 0 Å². The van der Waals surface area contributed by atoms with Gasteiger partial charge in [0.2, 0.25) is 5.91 Å². The lowest BCUT2D eigenvalue weighted by Gasteiger charge is -2.34. The third-order valence-electron chi connectivity index (χ3n) is 4.26. The van der Waals surface area contributed by atoms with Crippen LogP contribution in [0.2, 0.25) is 0 Å². The van der Waals surface area contributed by atoms with Gasteiger partial charge in [-0.2, -0.15) is 0 Å². The van der Waals surface area contributed by atoms with Crippen LogP contribution >= 0.6 is 0 Å². The molecule has 19 heavy (non-hydrogen) atoms. The predicted molar refractivity (Wildman–Crippen MR) is 71.8 cm³/mol. The van der Waals surface area contributed by atoms with Gasteiger partial charge >= 0.3 is 5.97 Å². The maximum Gasteiger partial charge on any atom is 0.305 e. The molecule has 1 saturated heterocycles. The minimum absolute atomic E-state index is 0.0151. The number of hydrogen-bond donors (Lipinski definition) is 2. The van der Waals surface area contributed by atoms with Gasteiger partial charge in [0, 0.05) is 18.6 Å². The number of carbonyl (C=O) groups excluding carboxylic acids is 1. The number of carboxylic acids is 1. The van der Waals surface area contributed by atoms with Crippen LogP contribution in [0.25, 0.3) is 0 Å². The van der Waals surface area contributed by atoms with Crippen molar-refractivity contribution in [3.8, 4) is 0 Å². The highest BCUT2D eigenvalue weighted by Gasteiger charge is 2.34. The minimum Gasteiger partial charge on any atom is -0.481 e. The summed E-state index contributed by atoms with van der Waals surface area (Å²) in [6, 6.07) is -0.0385. The fourth-order valence-corrected chi connectivity index (χ4v) is 3.22. The van der Waals surface area contributed by atoms with Crippen molar-refractivity contribution in [1.29, 1.82) is 0 Å². The Morgan fingerprint density at radius 1 is 1.32 bits per heavy atom. The Morgan fingerprint density at radius 3 is 2.63 bits per heavy atom. The third kappa shape index (κ3) is 3.69. The Hall–Kier alpha value is -1.10. The highest BCUT2D eigenvalue weighted by molar-refractivity contribution is 5.86. The first-order valence-corrected chi connectivity index (χ1v) is 7.36. The Balaban J connectivity index is 2.08. The van der Waals surface area contributed by atoms with Crippen molar-refractivity contribution in [3.63, 3.8) is 0 Å². The van der Waals surface area contributed by atoms with Gasteiger partial charge in [0.05, 0.1) is 12.5 Å². The quantitative estimate of drug-likeness (QED) is 0.811. The van der Waals surface area contributed by atoms with Crippen molar-refractivity contribution >= 4 is 11.9 Å². The second kappa shape index (κ2) is 6.37. The van der Waals surface area contributed by atoms with Crippen LogP contribution in [0.5, 0.6) is 0 Å². The van der Waals surface area contributed by atoms with Gasteiger partial charge in [0.15, 0.2) is 0 Å². The molecule has 2 atom stereocenters. The average molecular weight is 268 g/mol. The molecule has 2 aliphatic rings. The van der Waals surface area contributed by atoms with E-state index in [4.69, 9.17) is 5.11 Å². The van der Waals surface area contributed by atoms with Gasteiger partial charge in [-0.25, -0.2) is 0 Å². The van der Waals surface area contributed by atoms with E-state index in [1.807, 2.05) is 11.8 Å². The van der Waals surface area contributed by atoms with Gasteiger partial charge in [-0.1, -0.05) is 19.3 Å². The van der Waals surface area contributed by atoms with E-state index in [0.29, 0.717) is 6.04 Å². The molecule has 1 aliphatic heterocycles. The molecule has 2 N–H and O–H groups in total. The molecule has 0 radical (unpaired) electrons. The zero-order valence-electron chi connectivity index (χ0n) is 11.6. The van der Waals surface area contributed by atoms with Gasteiger partial charge in [-0.05, 0) is 26.2 Å². The maximum atomic E-state index is 12.5. The average Bonchev–Trinajstić information content (AvgIpc) is 2.51. The van der Waals surface area contributed by atoms with Crippen molar-refractivity contribution in [2.24, 2.45) is 0 Å². The normalized spacial score (nSPS) is 30.2. The Bertz CT molecular complexity index is 340. The molecule has 0 spiro atoms. The largest absolute Gasteiger partial charge is 0.481 e. The number of carbonyl (C=O) groups is 2. The van der Waals surface area contributed by atoms with E-state index in [9.17, 15) is 9.59 Å². The topological polar surface area (TPSA) is 69.6 Å². The lowest BCUT2D eigenvalue weighted by Crippen LogP contribution is -2.50. The van der Waals surface area contributed by atoms with Crippen LogP contribution in [0.1, 0.15) is 51.9 Å². The van der Waals surface area contributed by atoms with Crippen LogP contribution in [-0.4, -0.2) is 46.6 Å². The summed E-state index contributed by atoms with van der Waals surface area (Å²) in [5.74, 6) is -0.929. The van der Waals surface area contributed by atoms with Gasteiger partial charge in [-0.3, -0.25) is 9.59 Å². The summed E-state index contributed by atoms with van der Waals surface area (Å²) in [6.45, 7) is 2.78. The van der Waals surface area contributed by atoms with E-state index in [2.05, 4.69) is 5.32 Å². The van der Waals surface area contributed by atoms with Crippen molar-refractivity contribution in [2.45, 2.75) is 70.0 Å². The Labute approximate surface area is 114 Å². The standard InChI is InChI=1S/C14H24N2O3/c1-10-7-8-16(11-5-3-2-4-6-11)14(19)12(15-10)9-13(17)18/h10-12,15H,2-9H2,1H3,(H,17,18). The number of nitrogens with one attached hydrogen (secondary N) is 1. The maximum absolute atomic E-state index is 12.5. The van der Waals surface area contributed by atoms with E-state index >= 15 is 0 Å².